The van der Waals surface area contributed by atoms with E-state index in [-0.39, 0.29) is 18.2 Å². The van der Waals surface area contributed by atoms with E-state index in [2.05, 4.69) is 29.0 Å². The Bertz CT molecular complexity index is 442. The molecule has 4 aliphatic rings. The van der Waals surface area contributed by atoms with Crippen molar-refractivity contribution in [2.24, 2.45) is 0 Å². The molecule has 4 saturated heterocycles. The van der Waals surface area contributed by atoms with Crippen LogP contribution in [0.25, 0.3) is 0 Å². The fourth-order valence-corrected chi connectivity index (χ4v) is 5.18. The monoisotopic (exact) mass is 307 g/mol. The van der Waals surface area contributed by atoms with Gasteiger partial charge >= 0.3 is 6.03 Å². The fourth-order valence-electron chi connectivity index (χ4n) is 5.18. The smallest absolute Gasteiger partial charge is 0.317 e. The van der Waals surface area contributed by atoms with E-state index in [1.165, 1.54) is 19.3 Å². The minimum atomic E-state index is 0.136. The summed E-state index contributed by atoms with van der Waals surface area (Å²) in [4.78, 5) is 17.4. The van der Waals surface area contributed by atoms with Crippen LogP contribution in [-0.2, 0) is 4.74 Å². The standard InChI is InChI=1S/C17H29N3O2/c1-11(2)20-12-3-4-13(20)10-19(8-7-12)17(21)18-15-9-14-5-6-16(15)22-14/h11-16H,3-10H2,1-2H3,(H,18,21). The number of nitrogens with zero attached hydrogens (tertiary/aromatic N) is 2. The molecule has 4 aliphatic heterocycles. The van der Waals surface area contributed by atoms with Crippen LogP contribution in [0.3, 0.4) is 0 Å². The van der Waals surface area contributed by atoms with Gasteiger partial charge in [0.2, 0.25) is 0 Å². The number of carbonyl (C=O) groups excluding carboxylic acids is 1. The molecule has 0 aromatic heterocycles. The highest BCUT2D eigenvalue weighted by Crippen LogP contribution is 2.35. The van der Waals surface area contributed by atoms with E-state index in [1.54, 1.807) is 0 Å². The van der Waals surface area contributed by atoms with Crippen molar-refractivity contribution in [2.45, 2.75) is 88.7 Å². The summed E-state index contributed by atoms with van der Waals surface area (Å²) in [5.74, 6) is 0. The number of ether oxygens (including phenoxy) is 1. The maximum atomic E-state index is 12.7. The molecule has 4 bridgehead atoms. The average molecular weight is 307 g/mol. The number of hydrogen-bond acceptors (Lipinski definition) is 3. The Labute approximate surface area is 133 Å². The lowest BCUT2D eigenvalue weighted by molar-refractivity contribution is 0.0967. The lowest BCUT2D eigenvalue weighted by Gasteiger charge is -2.32. The van der Waals surface area contributed by atoms with E-state index >= 15 is 0 Å². The SMILES string of the molecule is CC(C)N1C2CCC1CN(C(=O)NC1CC3CCC1O3)CC2. The van der Waals surface area contributed by atoms with Gasteiger partial charge in [-0.2, -0.15) is 0 Å². The van der Waals surface area contributed by atoms with Crippen LogP contribution in [0.15, 0.2) is 0 Å². The summed E-state index contributed by atoms with van der Waals surface area (Å²) in [6, 6.07) is 2.19. The molecule has 0 aromatic carbocycles. The van der Waals surface area contributed by atoms with Crippen molar-refractivity contribution in [3.8, 4) is 0 Å². The minimum absolute atomic E-state index is 0.136. The zero-order chi connectivity index (χ0) is 15.3. The molecule has 0 spiro atoms. The van der Waals surface area contributed by atoms with Gasteiger partial charge in [0, 0.05) is 31.2 Å². The molecule has 5 heteroatoms. The van der Waals surface area contributed by atoms with Crippen molar-refractivity contribution < 1.29 is 9.53 Å². The van der Waals surface area contributed by atoms with Gasteiger partial charge < -0.3 is 15.0 Å². The van der Waals surface area contributed by atoms with E-state index in [4.69, 9.17) is 4.74 Å². The topological polar surface area (TPSA) is 44.8 Å². The van der Waals surface area contributed by atoms with E-state index in [9.17, 15) is 4.79 Å². The highest BCUT2D eigenvalue weighted by Gasteiger charge is 2.43. The van der Waals surface area contributed by atoms with Gasteiger partial charge in [0.05, 0.1) is 18.2 Å². The highest BCUT2D eigenvalue weighted by molar-refractivity contribution is 5.74. The molecule has 2 amide bonds. The van der Waals surface area contributed by atoms with Crippen LogP contribution in [-0.4, -0.2) is 65.3 Å². The van der Waals surface area contributed by atoms with Gasteiger partial charge in [-0.1, -0.05) is 0 Å². The summed E-state index contributed by atoms with van der Waals surface area (Å²) in [7, 11) is 0. The molecular formula is C17H29N3O2. The third-order valence-electron chi connectivity index (χ3n) is 6.14. The molecule has 4 fully saturated rings. The van der Waals surface area contributed by atoms with Crippen molar-refractivity contribution in [1.82, 2.24) is 15.1 Å². The van der Waals surface area contributed by atoms with Crippen LogP contribution < -0.4 is 5.32 Å². The van der Waals surface area contributed by atoms with Crippen LogP contribution >= 0.6 is 0 Å². The maximum Gasteiger partial charge on any atom is 0.317 e. The first-order valence-corrected chi connectivity index (χ1v) is 9.10. The first-order chi connectivity index (χ1) is 10.6. The summed E-state index contributed by atoms with van der Waals surface area (Å²) < 4.78 is 5.85. The molecule has 5 unspecified atom stereocenters. The molecule has 0 aliphatic carbocycles. The number of urea groups is 1. The summed E-state index contributed by atoms with van der Waals surface area (Å²) in [6.45, 7) is 6.36. The quantitative estimate of drug-likeness (QED) is 0.848. The molecule has 0 saturated carbocycles. The van der Waals surface area contributed by atoms with Crippen LogP contribution in [0.4, 0.5) is 4.79 Å². The van der Waals surface area contributed by atoms with Gasteiger partial charge in [0.25, 0.3) is 0 Å². The summed E-state index contributed by atoms with van der Waals surface area (Å²) in [6.07, 6.45) is 7.62. The van der Waals surface area contributed by atoms with Crippen LogP contribution in [0.2, 0.25) is 0 Å². The van der Waals surface area contributed by atoms with E-state index in [0.29, 0.717) is 24.2 Å². The second-order valence-corrected chi connectivity index (χ2v) is 7.83. The zero-order valence-corrected chi connectivity index (χ0v) is 13.8. The van der Waals surface area contributed by atoms with E-state index < -0.39 is 0 Å². The van der Waals surface area contributed by atoms with Gasteiger partial charge in [0.15, 0.2) is 0 Å². The highest BCUT2D eigenvalue weighted by atomic mass is 16.5. The van der Waals surface area contributed by atoms with Gasteiger partial charge in [0.1, 0.15) is 0 Å². The fraction of sp³-hybridized carbons (Fsp3) is 0.941. The average Bonchev–Trinajstić information content (AvgIpc) is 3.12. The van der Waals surface area contributed by atoms with Crippen molar-refractivity contribution in [1.29, 1.82) is 0 Å². The molecule has 22 heavy (non-hydrogen) atoms. The lowest BCUT2D eigenvalue weighted by Crippen LogP contribution is -2.51. The van der Waals surface area contributed by atoms with Crippen molar-refractivity contribution in [3.63, 3.8) is 0 Å². The molecule has 1 N–H and O–H groups in total. The summed E-state index contributed by atoms with van der Waals surface area (Å²) in [5, 5.41) is 3.25. The first kappa shape index (κ1) is 14.8. The number of likely N-dealkylation sites (tertiary alicyclic amines) is 1. The van der Waals surface area contributed by atoms with Crippen LogP contribution in [0.1, 0.15) is 52.4 Å². The molecule has 124 valence electrons. The predicted octanol–water partition coefficient (Wildman–Crippen LogP) is 1.96. The first-order valence-electron chi connectivity index (χ1n) is 9.10. The molecular weight excluding hydrogens is 278 g/mol. The number of carbonyl (C=O) groups is 1. The largest absolute Gasteiger partial charge is 0.373 e. The van der Waals surface area contributed by atoms with Gasteiger partial charge in [-0.3, -0.25) is 4.90 Å². The second-order valence-electron chi connectivity index (χ2n) is 7.83. The van der Waals surface area contributed by atoms with Crippen LogP contribution in [0, 0.1) is 0 Å². The Morgan fingerprint density at radius 1 is 1.14 bits per heavy atom. The Kier molecular flexibility index (Phi) is 3.81. The Morgan fingerprint density at radius 2 is 1.95 bits per heavy atom. The van der Waals surface area contributed by atoms with Crippen molar-refractivity contribution in [3.05, 3.63) is 0 Å². The number of nitrogens with one attached hydrogen (secondary N) is 1. The van der Waals surface area contributed by atoms with Crippen LogP contribution in [0.5, 0.6) is 0 Å². The van der Waals surface area contributed by atoms with Crippen molar-refractivity contribution in [2.75, 3.05) is 13.1 Å². The minimum Gasteiger partial charge on any atom is -0.373 e. The molecule has 4 rings (SSSR count). The molecule has 0 aromatic rings. The van der Waals surface area contributed by atoms with E-state index in [0.717, 1.165) is 32.4 Å². The van der Waals surface area contributed by atoms with Gasteiger partial charge in [-0.25, -0.2) is 4.79 Å². The molecule has 4 heterocycles. The van der Waals surface area contributed by atoms with Gasteiger partial charge in [-0.15, -0.1) is 0 Å². The third-order valence-corrected chi connectivity index (χ3v) is 6.14. The number of rotatable bonds is 2. The maximum absolute atomic E-state index is 12.7. The molecule has 5 atom stereocenters. The number of fused-ring (bicyclic) bond motifs is 4. The molecule has 5 nitrogen and oxygen atoms in total. The lowest BCUT2D eigenvalue weighted by atomic mass is 9.96. The predicted molar refractivity (Wildman–Crippen MR) is 84.8 cm³/mol. The Hall–Kier alpha value is -0.810. The Balaban J connectivity index is 1.38. The molecule has 0 radical (unpaired) electrons. The number of hydrogen-bond donors (Lipinski definition) is 1. The summed E-state index contributed by atoms with van der Waals surface area (Å²) >= 11 is 0. The third kappa shape index (κ3) is 2.52. The Morgan fingerprint density at radius 3 is 2.64 bits per heavy atom. The van der Waals surface area contributed by atoms with E-state index in [1.807, 2.05) is 0 Å². The summed E-state index contributed by atoms with van der Waals surface area (Å²) in [5.41, 5.74) is 0. The van der Waals surface area contributed by atoms with Gasteiger partial charge in [-0.05, 0) is 52.4 Å². The number of amides is 2. The second kappa shape index (κ2) is 5.68. The normalized spacial score (nSPS) is 41.2. The zero-order valence-electron chi connectivity index (χ0n) is 13.8. The van der Waals surface area contributed by atoms with Crippen molar-refractivity contribution >= 4 is 6.03 Å².